The van der Waals surface area contributed by atoms with Crippen molar-refractivity contribution in [2.24, 2.45) is 0 Å². The van der Waals surface area contributed by atoms with Crippen molar-refractivity contribution in [3.8, 4) is 0 Å². The summed E-state index contributed by atoms with van der Waals surface area (Å²) < 4.78 is 27.4. The van der Waals surface area contributed by atoms with E-state index in [4.69, 9.17) is 0 Å². The maximum absolute atomic E-state index is 13.7. The molecule has 0 atom stereocenters. The number of carbonyl (C=O) groups excluding carboxylic acids is 2. The van der Waals surface area contributed by atoms with Crippen molar-refractivity contribution in [1.82, 2.24) is 5.32 Å². The molecule has 0 aliphatic heterocycles. The zero-order valence-electron chi connectivity index (χ0n) is 15.1. The van der Waals surface area contributed by atoms with E-state index in [9.17, 15) is 18.4 Å². The Morgan fingerprint density at radius 1 is 0.821 bits per heavy atom. The molecule has 6 heteroatoms. The normalized spacial score (nSPS) is 10.4. The highest BCUT2D eigenvalue weighted by Gasteiger charge is 2.15. The quantitative estimate of drug-likeness (QED) is 0.687. The van der Waals surface area contributed by atoms with Crippen molar-refractivity contribution in [1.29, 1.82) is 0 Å². The third-order valence-electron chi connectivity index (χ3n) is 4.12. The number of rotatable bonds is 5. The second-order valence-corrected chi connectivity index (χ2v) is 6.30. The van der Waals surface area contributed by atoms with Gasteiger partial charge in [-0.1, -0.05) is 42.0 Å². The number of anilines is 1. The van der Waals surface area contributed by atoms with Crippen molar-refractivity contribution in [3.63, 3.8) is 0 Å². The zero-order chi connectivity index (χ0) is 20.1. The third-order valence-corrected chi connectivity index (χ3v) is 4.12. The van der Waals surface area contributed by atoms with Crippen LogP contribution in [-0.2, 0) is 6.54 Å². The Morgan fingerprint density at radius 2 is 1.43 bits per heavy atom. The Balaban J connectivity index is 1.70. The molecule has 0 saturated heterocycles. The number of carbonyl (C=O) groups is 2. The SMILES string of the molecule is Cc1cccc(CNC(=O)c2cccc(C(=O)Nc3c(F)cccc3F)c2)c1. The molecule has 4 nitrogen and oxygen atoms in total. The Kier molecular flexibility index (Phi) is 5.79. The number of benzene rings is 3. The minimum Gasteiger partial charge on any atom is -0.348 e. The smallest absolute Gasteiger partial charge is 0.255 e. The Hall–Kier alpha value is -3.54. The molecule has 3 aromatic carbocycles. The van der Waals surface area contributed by atoms with Gasteiger partial charge in [0.25, 0.3) is 11.8 Å². The van der Waals surface area contributed by atoms with Gasteiger partial charge in [0.05, 0.1) is 0 Å². The predicted octanol–water partition coefficient (Wildman–Crippen LogP) is 4.46. The van der Waals surface area contributed by atoms with E-state index in [0.29, 0.717) is 6.54 Å². The molecule has 0 heterocycles. The summed E-state index contributed by atoms with van der Waals surface area (Å²) in [6.07, 6.45) is 0. The predicted molar refractivity (Wildman–Crippen MR) is 103 cm³/mol. The number of halogens is 2. The van der Waals surface area contributed by atoms with Crippen molar-refractivity contribution in [3.05, 3.63) is 101 Å². The molecular weight excluding hydrogens is 362 g/mol. The van der Waals surface area contributed by atoms with Crippen LogP contribution < -0.4 is 10.6 Å². The van der Waals surface area contributed by atoms with Crippen LogP contribution in [0.5, 0.6) is 0 Å². The molecule has 3 rings (SSSR count). The lowest BCUT2D eigenvalue weighted by Gasteiger charge is -2.09. The first-order chi connectivity index (χ1) is 13.4. The van der Waals surface area contributed by atoms with Crippen LogP contribution in [0.3, 0.4) is 0 Å². The monoisotopic (exact) mass is 380 g/mol. The Morgan fingerprint density at radius 3 is 2.11 bits per heavy atom. The maximum atomic E-state index is 13.7. The van der Waals surface area contributed by atoms with Crippen molar-refractivity contribution < 1.29 is 18.4 Å². The van der Waals surface area contributed by atoms with Gasteiger partial charge in [-0.2, -0.15) is 0 Å². The standard InChI is InChI=1S/C22H18F2N2O2/c1-14-5-2-6-15(11-14)13-25-21(27)16-7-3-8-17(12-16)22(28)26-20-18(23)9-4-10-19(20)24/h2-12H,13H2,1H3,(H,25,27)(H,26,28). The molecule has 0 aromatic heterocycles. The van der Waals surface area contributed by atoms with E-state index in [-0.39, 0.29) is 17.0 Å². The molecule has 28 heavy (non-hydrogen) atoms. The van der Waals surface area contributed by atoms with Crippen LogP contribution in [0.15, 0.2) is 66.7 Å². The fraction of sp³-hybridized carbons (Fsp3) is 0.0909. The highest BCUT2D eigenvalue weighted by molar-refractivity contribution is 6.06. The average Bonchev–Trinajstić information content (AvgIpc) is 2.69. The molecular formula is C22H18F2N2O2. The van der Waals surface area contributed by atoms with Crippen LogP contribution in [0.2, 0.25) is 0 Å². The number of hydrogen-bond acceptors (Lipinski definition) is 2. The van der Waals surface area contributed by atoms with E-state index >= 15 is 0 Å². The summed E-state index contributed by atoms with van der Waals surface area (Å²) in [5.41, 5.74) is 1.91. The lowest BCUT2D eigenvalue weighted by molar-refractivity contribution is 0.0951. The van der Waals surface area contributed by atoms with Crippen LogP contribution in [0, 0.1) is 18.6 Å². The minimum atomic E-state index is -0.875. The summed E-state index contributed by atoms with van der Waals surface area (Å²) in [4.78, 5) is 24.7. The van der Waals surface area contributed by atoms with Crippen LogP contribution in [0.25, 0.3) is 0 Å². The van der Waals surface area contributed by atoms with Gasteiger partial charge in [0.2, 0.25) is 0 Å². The molecule has 0 fully saturated rings. The molecule has 0 aliphatic carbocycles. The number of aryl methyl sites for hydroxylation is 1. The second kappa shape index (κ2) is 8.43. The molecule has 3 aromatic rings. The summed E-state index contributed by atoms with van der Waals surface area (Å²) in [6.45, 7) is 2.31. The van der Waals surface area contributed by atoms with Crippen molar-refractivity contribution in [2.75, 3.05) is 5.32 Å². The van der Waals surface area contributed by atoms with E-state index in [1.807, 2.05) is 31.2 Å². The molecule has 0 bridgehead atoms. The fourth-order valence-corrected chi connectivity index (χ4v) is 2.71. The van der Waals surface area contributed by atoms with E-state index in [2.05, 4.69) is 10.6 Å². The summed E-state index contributed by atoms with van der Waals surface area (Å²) in [5.74, 6) is -2.81. The minimum absolute atomic E-state index is 0.117. The molecule has 2 N–H and O–H groups in total. The van der Waals surface area contributed by atoms with E-state index in [1.165, 1.54) is 24.3 Å². The second-order valence-electron chi connectivity index (χ2n) is 6.30. The highest BCUT2D eigenvalue weighted by Crippen LogP contribution is 2.19. The van der Waals surface area contributed by atoms with Crippen LogP contribution >= 0.6 is 0 Å². The van der Waals surface area contributed by atoms with Gasteiger partial charge >= 0.3 is 0 Å². The molecule has 142 valence electrons. The van der Waals surface area contributed by atoms with Gasteiger partial charge in [-0.15, -0.1) is 0 Å². The van der Waals surface area contributed by atoms with E-state index < -0.39 is 23.2 Å². The molecule has 0 unspecified atom stereocenters. The number of para-hydroxylation sites is 1. The first-order valence-electron chi connectivity index (χ1n) is 8.63. The summed E-state index contributed by atoms with van der Waals surface area (Å²) >= 11 is 0. The topological polar surface area (TPSA) is 58.2 Å². The number of nitrogens with one attached hydrogen (secondary N) is 2. The Bertz CT molecular complexity index is 1010. The van der Waals surface area contributed by atoms with Gasteiger partial charge < -0.3 is 10.6 Å². The first kappa shape index (κ1) is 19.2. The number of hydrogen-bond donors (Lipinski definition) is 2. The zero-order valence-corrected chi connectivity index (χ0v) is 15.1. The van der Waals surface area contributed by atoms with Crippen LogP contribution in [0.4, 0.5) is 14.5 Å². The molecule has 2 amide bonds. The van der Waals surface area contributed by atoms with Crippen molar-refractivity contribution >= 4 is 17.5 Å². The molecule has 0 spiro atoms. The van der Waals surface area contributed by atoms with Gasteiger partial charge in [-0.05, 0) is 42.8 Å². The van der Waals surface area contributed by atoms with Crippen LogP contribution in [0.1, 0.15) is 31.8 Å². The Labute approximate surface area is 161 Å². The van der Waals surface area contributed by atoms with E-state index in [0.717, 1.165) is 23.3 Å². The molecule has 0 radical (unpaired) electrons. The van der Waals surface area contributed by atoms with Gasteiger partial charge in [0, 0.05) is 17.7 Å². The van der Waals surface area contributed by atoms with Gasteiger partial charge in [0.1, 0.15) is 17.3 Å². The van der Waals surface area contributed by atoms with Gasteiger partial charge in [0.15, 0.2) is 0 Å². The lowest BCUT2D eigenvalue weighted by Crippen LogP contribution is -2.23. The molecule has 0 saturated carbocycles. The molecule has 0 aliphatic rings. The van der Waals surface area contributed by atoms with Crippen molar-refractivity contribution in [2.45, 2.75) is 13.5 Å². The highest BCUT2D eigenvalue weighted by atomic mass is 19.1. The maximum Gasteiger partial charge on any atom is 0.255 e. The third kappa shape index (κ3) is 4.59. The number of amides is 2. The fourth-order valence-electron chi connectivity index (χ4n) is 2.71. The van der Waals surface area contributed by atoms with E-state index in [1.54, 1.807) is 6.07 Å². The summed E-state index contributed by atoms with van der Waals surface area (Å²) in [5, 5.41) is 4.99. The largest absolute Gasteiger partial charge is 0.348 e. The average molecular weight is 380 g/mol. The van der Waals surface area contributed by atoms with Crippen LogP contribution in [-0.4, -0.2) is 11.8 Å². The lowest BCUT2D eigenvalue weighted by atomic mass is 10.1. The van der Waals surface area contributed by atoms with Gasteiger partial charge in [-0.25, -0.2) is 8.78 Å². The first-order valence-corrected chi connectivity index (χ1v) is 8.63. The summed E-state index contributed by atoms with van der Waals surface area (Å²) in [6, 6.07) is 17.0. The van der Waals surface area contributed by atoms with Gasteiger partial charge in [-0.3, -0.25) is 9.59 Å². The summed E-state index contributed by atoms with van der Waals surface area (Å²) in [7, 11) is 0.